The smallest absolute Gasteiger partial charge is 0.408 e. The number of alkyl halides is 3. The van der Waals surface area contributed by atoms with Crippen molar-refractivity contribution in [2.24, 2.45) is 5.73 Å². The van der Waals surface area contributed by atoms with E-state index in [9.17, 15) is 26.7 Å². The average Bonchev–Trinajstić information content (AvgIpc) is 2.66. The van der Waals surface area contributed by atoms with Crippen LogP contribution in [0.4, 0.5) is 18.9 Å². The van der Waals surface area contributed by atoms with Crippen LogP contribution in [0.25, 0.3) is 0 Å². The van der Waals surface area contributed by atoms with Crippen LogP contribution >= 0.6 is 0 Å². The largest absolute Gasteiger partial charge is 0.508 e. The van der Waals surface area contributed by atoms with Gasteiger partial charge in [0.2, 0.25) is 0 Å². The molecule has 1 aliphatic heterocycles. The van der Waals surface area contributed by atoms with Crippen LogP contribution in [-0.2, 0) is 10.0 Å². The molecule has 10 heteroatoms. The lowest BCUT2D eigenvalue weighted by molar-refractivity contribution is -0.106. The number of hydrogen-bond acceptors (Lipinski definition) is 5. The highest BCUT2D eigenvalue weighted by molar-refractivity contribution is 7.91. The number of rotatable bonds is 6. The summed E-state index contributed by atoms with van der Waals surface area (Å²) in [5, 5.41) is 9.51. The lowest BCUT2D eigenvalue weighted by atomic mass is 10.2. The second kappa shape index (κ2) is 8.13. The zero-order valence-electron chi connectivity index (χ0n) is 15.7. The summed E-state index contributed by atoms with van der Waals surface area (Å²) in [5.74, 6) is -1.29. The number of quaternary nitrogens is 1. The van der Waals surface area contributed by atoms with Gasteiger partial charge in [-0.05, 0) is 30.3 Å². The van der Waals surface area contributed by atoms with Gasteiger partial charge in [0.25, 0.3) is 0 Å². The summed E-state index contributed by atoms with van der Waals surface area (Å²) in [6.07, 6.45) is -0.557. The molecule has 3 N–H and O–H groups in total. The maximum atomic E-state index is 13.0. The minimum absolute atomic E-state index is 0.00595. The van der Waals surface area contributed by atoms with Gasteiger partial charge in [0.1, 0.15) is 30.0 Å². The van der Waals surface area contributed by atoms with E-state index in [0.717, 1.165) is 0 Å². The lowest BCUT2D eigenvalue weighted by Crippen LogP contribution is -2.54. The van der Waals surface area contributed by atoms with E-state index < -0.39 is 25.8 Å². The van der Waals surface area contributed by atoms with E-state index in [4.69, 9.17) is 10.5 Å². The molecule has 1 atom stereocenters. The molecule has 0 aromatic heterocycles. The Morgan fingerprint density at radius 2 is 1.80 bits per heavy atom. The van der Waals surface area contributed by atoms with Crippen LogP contribution < -0.4 is 14.4 Å². The molecule has 160 valence electrons. The quantitative estimate of drug-likeness (QED) is 0.666. The third-order valence-electron chi connectivity index (χ3n) is 4.49. The van der Waals surface area contributed by atoms with Gasteiger partial charge >= 0.3 is 16.2 Å². The number of phenolic OH excluding ortho intramolecular Hbond substituents is 1. The van der Waals surface area contributed by atoms with Gasteiger partial charge in [0.05, 0.1) is 0 Å². The Kier molecular flexibility index (Phi) is 5.93. The van der Waals surface area contributed by atoms with Gasteiger partial charge in [0, 0.05) is 30.3 Å². The summed E-state index contributed by atoms with van der Waals surface area (Å²) in [7, 11) is -4.72. The maximum Gasteiger partial charge on any atom is 0.408 e. The van der Waals surface area contributed by atoms with E-state index in [1.807, 2.05) is 0 Å². The normalized spacial score (nSPS) is 19.4. The molecule has 6 nitrogen and oxygen atoms in total. The van der Waals surface area contributed by atoms with Crippen LogP contribution in [0.15, 0.2) is 72.5 Å². The minimum atomic E-state index is -4.89. The number of benzene rings is 2. The summed E-state index contributed by atoms with van der Waals surface area (Å²) < 4.78 is 69.4. The third kappa shape index (κ3) is 4.66. The second-order valence-electron chi connectivity index (χ2n) is 6.72. The highest BCUT2D eigenvalue weighted by atomic mass is 32.2. The number of halogens is 3. The van der Waals surface area contributed by atoms with Crippen molar-refractivity contribution < 1.29 is 31.4 Å². The van der Waals surface area contributed by atoms with Crippen LogP contribution in [-0.4, -0.2) is 38.5 Å². The molecular formula is C20H20F3N2O4S+. The van der Waals surface area contributed by atoms with Gasteiger partial charge in [-0.2, -0.15) is 25.5 Å². The standard InChI is InChI=1S/C20H19F3N2O4S/c21-20(22,23)14-30(27,28)25(10-2-3-15(12-24)13-25)16-6-8-18(9-7-16)29-19-5-1-4-17(26)11-19/h1-9,11,13H,10,12,14,24H2/p+1. The van der Waals surface area contributed by atoms with Crippen molar-refractivity contribution in [3.8, 4) is 17.2 Å². The molecule has 1 aliphatic rings. The van der Waals surface area contributed by atoms with Crippen molar-refractivity contribution in [2.45, 2.75) is 6.18 Å². The summed E-state index contributed by atoms with van der Waals surface area (Å²) >= 11 is 0. The zero-order valence-corrected chi connectivity index (χ0v) is 16.5. The fraction of sp³-hybridized carbons (Fsp3) is 0.200. The molecule has 2 aromatic carbocycles. The average molecular weight is 441 g/mol. The summed E-state index contributed by atoms with van der Waals surface area (Å²) in [6, 6.07) is 11.8. The molecule has 0 saturated heterocycles. The van der Waals surface area contributed by atoms with Crippen LogP contribution in [0, 0.1) is 0 Å². The van der Waals surface area contributed by atoms with Crippen LogP contribution in [0.2, 0.25) is 0 Å². The second-order valence-corrected chi connectivity index (χ2v) is 8.83. The molecule has 0 spiro atoms. The first-order valence-corrected chi connectivity index (χ1v) is 10.5. The Morgan fingerprint density at radius 3 is 2.40 bits per heavy atom. The molecule has 0 fully saturated rings. The fourth-order valence-electron chi connectivity index (χ4n) is 3.15. The zero-order chi connectivity index (χ0) is 22.0. The summed E-state index contributed by atoms with van der Waals surface area (Å²) in [6.45, 7) is -0.217. The van der Waals surface area contributed by atoms with E-state index in [0.29, 0.717) is 17.1 Å². The molecule has 30 heavy (non-hydrogen) atoms. The van der Waals surface area contributed by atoms with E-state index in [1.165, 1.54) is 48.7 Å². The van der Waals surface area contributed by atoms with Gasteiger partial charge in [-0.15, -0.1) is 0 Å². The topological polar surface area (TPSA) is 89.6 Å². The van der Waals surface area contributed by atoms with Crippen LogP contribution in [0.3, 0.4) is 0 Å². The van der Waals surface area contributed by atoms with Crippen molar-refractivity contribution in [1.82, 2.24) is 3.89 Å². The molecule has 0 bridgehead atoms. The highest BCUT2D eigenvalue weighted by Gasteiger charge is 2.50. The lowest BCUT2D eigenvalue weighted by Gasteiger charge is -2.34. The molecule has 1 heterocycles. The Hall–Kier alpha value is -2.82. The molecule has 1 unspecified atom stereocenters. The van der Waals surface area contributed by atoms with Crippen molar-refractivity contribution in [1.29, 1.82) is 0 Å². The number of hydrogen-bond donors (Lipinski definition) is 2. The summed E-state index contributed by atoms with van der Waals surface area (Å²) in [4.78, 5) is 0. The highest BCUT2D eigenvalue weighted by Crippen LogP contribution is 2.36. The Labute approximate surface area is 171 Å². The van der Waals surface area contributed by atoms with Gasteiger partial charge < -0.3 is 15.6 Å². The van der Waals surface area contributed by atoms with Gasteiger partial charge in [-0.25, -0.2) is 0 Å². The van der Waals surface area contributed by atoms with E-state index >= 15 is 0 Å². The van der Waals surface area contributed by atoms with Crippen LogP contribution in [0.1, 0.15) is 0 Å². The number of phenols is 1. The maximum absolute atomic E-state index is 13.0. The van der Waals surface area contributed by atoms with E-state index in [2.05, 4.69) is 0 Å². The monoisotopic (exact) mass is 441 g/mol. The minimum Gasteiger partial charge on any atom is -0.508 e. The Bertz CT molecular complexity index is 1080. The number of ether oxygens (including phenoxy) is 1. The third-order valence-corrected chi connectivity index (χ3v) is 6.64. The Morgan fingerprint density at radius 1 is 1.10 bits per heavy atom. The van der Waals surface area contributed by atoms with Crippen molar-refractivity contribution in [3.05, 3.63) is 72.5 Å². The molecular weight excluding hydrogens is 421 g/mol. The van der Waals surface area contributed by atoms with Gasteiger partial charge in [-0.1, -0.05) is 12.1 Å². The SMILES string of the molecule is NCC1=C[N+](c2ccc(Oc3cccc(O)c3)cc2)(S(=O)(=O)CC(F)(F)F)CC=C1. The predicted octanol–water partition coefficient (Wildman–Crippen LogP) is 3.80. The first-order chi connectivity index (χ1) is 14.0. The van der Waals surface area contributed by atoms with Crippen molar-refractivity contribution >= 4 is 15.7 Å². The Balaban J connectivity index is 2.01. The van der Waals surface area contributed by atoms with Crippen LogP contribution in [0.5, 0.6) is 17.2 Å². The van der Waals surface area contributed by atoms with Gasteiger partial charge in [-0.3, -0.25) is 0 Å². The van der Waals surface area contributed by atoms with Crippen molar-refractivity contribution in [2.75, 3.05) is 18.8 Å². The van der Waals surface area contributed by atoms with E-state index in [-0.39, 0.29) is 24.5 Å². The number of nitrogens with zero attached hydrogens (tertiary/aromatic N) is 1. The molecule has 0 saturated carbocycles. The number of aromatic hydroxyl groups is 1. The van der Waals surface area contributed by atoms with Gasteiger partial charge in [0.15, 0.2) is 11.4 Å². The predicted molar refractivity (Wildman–Crippen MR) is 107 cm³/mol. The fourth-order valence-corrected chi connectivity index (χ4v) is 4.85. The molecule has 2 aromatic rings. The molecule has 0 amide bonds. The summed E-state index contributed by atoms with van der Waals surface area (Å²) in [5.41, 5.74) is 6.14. The number of sulfonamides is 1. The molecule has 3 rings (SSSR count). The molecule has 0 aliphatic carbocycles. The van der Waals surface area contributed by atoms with E-state index in [1.54, 1.807) is 18.2 Å². The van der Waals surface area contributed by atoms with Crippen molar-refractivity contribution in [3.63, 3.8) is 0 Å². The molecule has 0 radical (unpaired) electrons. The first-order valence-electron chi connectivity index (χ1n) is 8.88. The first kappa shape index (κ1) is 21.9. The number of nitrogens with two attached hydrogens (primary N) is 1.